The summed E-state index contributed by atoms with van der Waals surface area (Å²) in [7, 11) is 0. The van der Waals surface area contributed by atoms with Crippen LogP contribution in [-0.4, -0.2) is 37.7 Å². The van der Waals surface area contributed by atoms with E-state index in [1.54, 1.807) is 0 Å². The van der Waals surface area contributed by atoms with Gasteiger partial charge in [-0.05, 0) is 34.6 Å². The molecule has 0 spiro atoms. The van der Waals surface area contributed by atoms with Crippen LogP contribution in [0, 0.1) is 0 Å². The Labute approximate surface area is 117 Å². The number of aliphatic carboxylic acids is 1. The van der Waals surface area contributed by atoms with Crippen LogP contribution in [0.4, 0.5) is 0 Å². The van der Waals surface area contributed by atoms with Crippen molar-refractivity contribution in [2.75, 3.05) is 5.75 Å². The summed E-state index contributed by atoms with van der Waals surface area (Å²) in [4.78, 5) is 10.7. The number of hydrogen-bond acceptors (Lipinski definition) is 5. The second kappa shape index (κ2) is 6.38. The van der Waals surface area contributed by atoms with Gasteiger partial charge in [0.1, 0.15) is 6.61 Å². The Kier molecular flexibility index (Phi) is 5.37. The van der Waals surface area contributed by atoms with Crippen molar-refractivity contribution in [1.82, 2.24) is 14.8 Å². The minimum absolute atomic E-state index is 0.0285. The van der Waals surface area contributed by atoms with E-state index in [0.29, 0.717) is 17.6 Å². The van der Waals surface area contributed by atoms with Crippen molar-refractivity contribution in [2.45, 2.75) is 58.0 Å². The van der Waals surface area contributed by atoms with Crippen LogP contribution in [0.25, 0.3) is 0 Å². The first-order valence-electron chi connectivity index (χ1n) is 6.12. The predicted octanol–water partition coefficient (Wildman–Crippen LogP) is 2.13. The molecule has 0 atom stereocenters. The molecule has 0 amide bonds. The minimum Gasteiger partial charge on any atom is -0.481 e. The van der Waals surface area contributed by atoms with Crippen LogP contribution in [0.2, 0.25) is 0 Å². The van der Waals surface area contributed by atoms with Gasteiger partial charge < -0.3 is 9.84 Å². The van der Waals surface area contributed by atoms with Crippen LogP contribution < -0.4 is 0 Å². The molecule has 19 heavy (non-hydrogen) atoms. The van der Waals surface area contributed by atoms with E-state index in [1.807, 2.05) is 39.2 Å². The standard InChI is InChI=1S/C12H21N3O3S/c1-8(2)18-6-9-13-14-11(19-7-10(16)17)15(9)12(3,4)5/h8H,6-7H2,1-5H3,(H,16,17). The number of carboxylic acids is 1. The zero-order valence-corrected chi connectivity index (χ0v) is 12.8. The molecule has 0 aliphatic heterocycles. The van der Waals surface area contributed by atoms with Gasteiger partial charge in [-0.25, -0.2) is 0 Å². The number of hydrogen-bond donors (Lipinski definition) is 1. The molecule has 6 nitrogen and oxygen atoms in total. The minimum atomic E-state index is -0.867. The molecule has 1 aromatic rings. The van der Waals surface area contributed by atoms with Gasteiger partial charge in [-0.2, -0.15) is 0 Å². The van der Waals surface area contributed by atoms with Crippen LogP contribution in [0.5, 0.6) is 0 Å². The zero-order valence-electron chi connectivity index (χ0n) is 12.0. The molecule has 1 heterocycles. The highest BCUT2D eigenvalue weighted by Crippen LogP contribution is 2.25. The summed E-state index contributed by atoms with van der Waals surface area (Å²) in [5.41, 5.74) is -0.222. The number of rotatable bonds is 6. The lowest BCUT2D eigenvalue weighted by Crippen LogP contribution is -2.26. The molecule has 0 saturated heterocycles. The Bertz CT molecular complexity index is 438. The summed E-state index contributed by atoms with van der Waals surface area (Å²) in [6, 6.07) is 0. The van der Waals surface area contributed by atoms with E-state index in [0.717, 1.165) is 0 Å². The van der Waals surface area contributed by atoms with E-state index in [9.17, 15) is 4.79 Å². The van der Waals surface area contributed by atoms with Crippen molar-refractivity contribution in [3.63, 3.8) is 0 Å². The molecule has 0 aliphatic rings. The summed E-state index contributed by atoms with van der Waals surface area (Å²) < 4.78 is 7.49. The van der Waals surface area contributed by atoms with Crippen molar-refractivity contribution in [3.05, 3.63) is 5.82 Å². The molecule has 0 fully saturated rings. The highest BCUT2D eigenvalue weighted by Gasteiger charge is 2.24. The monoisotopic (exact) mass is 287 g/mol. The fraction of sp³-hybridized carbons (Fsp3) is 0.750. The maximum Gasteiger partial charge on any atom is 0.313 e. The molecule has 1 N–H and O–H groups in total. The van der Waals surface area contributed by atoms with E-state index >= 15 is 0 Å². The largest absolute Gasteiger partial charge is 0.481 e. The molecule has 1 aromatic heterocycles. The van der Waals surface area contributed by atoms with Crippen molar-refractivity contribution < 1.29 is 14.6 Å². The van der Waals surface area contributed by atoms with E-state index in [2.05, 4.69) is 10.2 Å². The normalized spacial score (nSPS) is 12.1. The topological polar surface area (TPSA) is 77.2 Å². The Morgan fingerprint density at radius 3 is 2.53 bits per heavy atom. The third-order valence-corrected chi connectivity index (χ3v) is 3.16. The summed E-state index contributed by atoms with van der Waals surface area (Å²) in [5, 5.41) is 17.5. The number of carboxylic acid groups (broad SMARTS) is 1. The SMILES string of the molecule is CC(C)OCc1nnc(SCC(=O)O)n1C(C)(C)C. The Morgan fingerprint density at radius 2 is 2.05 bits per heavy atom. The Hall–Kier alpha value is -1.08. The number of thioether (sulfide) groups is 1. The van der Waals surface area contributed by atoms with Crippen molar-refractivity contribution >= 4 is 17.7 Å². The van der Waals surface area contributed by atoms with Gasteiger partial charge in [0.25, 0.3) is 0 Å². The Balaban J connectivity index is 2.95. The van der Waals surface area contributed by atoms with E-state index in [1.165, 1.54) is 11.8 Å². The molecule has 0 radical (unpaired) electrons. The lowest BCUT2D eigenvalue weighted by Gasteiger charge is -2.24. The molecule has 0 aromatic carbocycles. The number of nitrogens with zero attached hydrogens (tertiary/aromatic N) is 3. The molecular weight excluding hydrogens is 266 g/mol. The van der Waals surface area contributed by atoms with Gasteiger partial charge in [0.2, 0.25) is 0 Å². The number of aromatic nitrogens is 3. The van der Waals surface area contributed by atoms with Gasteiger partial charge in [-0.3, -0.25) is 9.36 Å². The summed E-state index contributed by atoms with van der Waals surface area (Å²) in [6.45, 7) is 10.4. The molecular formula is C12H21N3O3S. The molecule has 0 unspecified atom stereocenters. The smallest absolute Gasteiger partial charge is 0.313 e. The highest BCUT2D eigenvalue weighted by atomic mass is 32.2. The van der Waals surface area contributed by atoms with Gasteiger partial charge in [0, 0.05) is 5.54 Å². The van der Waals surface area contributed by atoms with Gasteiger partial charge in [0.15, 0.2) is 11.0 Å². The molecule has 1 rings (SSSR count). The summed E-state index contributed by atoms with van der Waals surface area (Å²) >= 11 is 1.17. The fourth-order valence-corrected chi connectivity index (χ4v) is 2.39. The van der Waals surface area contributed by atoms with Crippen LogP contribution in [0.15, 0.2) is 5.16 Å². The van der Waals surface area contributed by atoms with Gasteiger partial charge in [-0.15, -0.1) is 10.2 Å². The first-order valence-corrected chi connectivity index (χ1v) is 7.11. The predicted molar refractivity (Wildman–Crippen MR) is 73.3 cm³/mol. The van der Waals surface area contributed by atoms with Crippen molar-refractivity contribution in [1.29, 1.82) is 0 Å². The lowest BCUT2D eigenvalue weighted by atomic mass is 10.1. The third kappa shape index (κ3) is 4.83. The molecule has 0 aliphatic carbocycles. The van der Waals surface area contributed by atoms with Gasteiger partial charge in [-0.1, -0.05) is 11.8 Å². The van der Waals surface area contributed by atoms with Crippen molar-refractivity contribution in [2.24, 2.45) is 0 Å². The molecule has 108 valence electrons. The van der Waals surface area contributed by atoms with Gasteiger partial charge in [0.05, 0.1) is 11.9 Å². The van der Waals surface area contributed by atoms with Crippen molar-refractivity contribution in [3.8, 4) is 0 Å². The lowest BCUT2D eigenvalue weighted by molar-refractivity contribution is -0.133. The van der Waals surface area contributed by atoms with Crippen LogP contribution in [-0.2, 0) is 21.7 Å². The first-order chi connectivity index (χ1) is 8.71. The van der Waals surface area contributed by atoms with Crippen LogP contribution in [0.3, 0.4) is 0 Å². The van der Waals surface area contributed by atoms with Crippen LogP contribution >= 0.6 is 11.8 Å². The first kappa shape index (κ1) is 16.0. The van der Waals surface area contributed by atoms with E-state index in [-0.39, 0.29) is 17.4 Å². The second-order valence-corrected chi connectivity index (χ2v) is 6.39. The quantitative estimate of drug-likeness (QED) is 0.808. The summed E-state index contributed by atoms with van der Waals surface area (Å²) in [5.74, 6) is -0.179. The number of ether oxygens (including phenoxy) is 1. The van der Waals surface area contributed by atoms with E-state index in [4.69, 9.17) is 9.84 Å². The Morgan fingerprint density at radius 1 is 1.42 bits per heavy atom. The van der Waals surface area contributed by atoms with Gasteiger partial charge >= 0.3 is 5.97 Å². The zero-order chi connectivity index (χ0) is 14.6. The highest BCUT2D eigenvalue weighted by molar-refractivity contribution is 7.99. The molecule has 0 bridgehead atoms. The second-order valence-electron chi connectivity index (χ2n) is 5.45. The van der Waals surface area contributed by atoms with Crippen LogP contribution in [0.1, 0.15) is 40.4 Å². The third-order valence-electron chi connectivity index (χ3n) is 2.24. The average Bonchev–Trinajstić information content (AvgIpc) is 2.66. The fourth-order valence-electron chi connectivity index (χ4n) is 1.53. The van der Waals surface area contributed by atoms with E-state index < -0.39 is 5.97 Å². The maximum absolute atomic E-state index is 10.7. The number of carbonyl (C=O) groups is 1. The maximum atomic E-state index is 10.7. The average molecular weight is 287 g/mol. The molecule has 7 heteroatoms. The molecule has 0 saturated carbocycles. The summed E-state index contributed by atoms with van der Waals surface area (Å²) in [6.07, 6.45) is 0.111.